The van der Waals surface area contributed by atoms with Gasteiger partial charge in [0.1, 0.15) is 25.4 Å². The minimum Gasteiger partial charge on any atom is -0.463 e. The zero-order valence-corrected chi connectivity index (χ0v) is 75.4. The van der Waals surface area contributed by atoms with Gasteiger partial charge in [-0.2, -0.15) is 0 Å². The highest BCUT2D eigenvalue weighted by Crippen LogP contribution is 2.45. The molecule has 0 bridgehead atoms. The van der Waals surface area contributed by atoms with Crippen LogP contribution in [-0.2, 0) is 55.8 Å². The van der Waals surface area contributed by atoms with Crippen LogP contribution < -0.4 is 0 Å². The second kappa shape index (κ2) is 89.9. The Bertz CT molecular complexity index is 2860. The van der Waals surface area contributed by atoms with Crippen molar-refractivity contribution in [3.8, 4) is 0 Å². The van der Waals surface area contributed by atoms with E-state index in [-0.39, 0.29) is 19.3 Å². The molecule has 18 heteroatoms. The zero-order valence-electron chi connectivity index (χ0n) is 73.6. The van der Waals surface area contributed by atoms with Gasteiger partial charge < -0.3 is 34.2 Å². The first-order chi connectivity index (χ1) is 57.2. The van der Waals surface area contributed by atoms with E-state index < -0.39 is 91.5 Å². The van der Waals surface area contributed by atoms with Gasteiger partial charge in [-0.25, -0.2) is 9.13 Å². The van der Waals surface area contributed by atoms with E-state index in [1.807, 2.05) is 12.2 Å². The van der Waals surface area contributed by atoms with Crippen LogP contribution in [0.2, 0.25) is 0 Å². The van der Waals surface area contributed by atoms with Crippen molar-refractivity contribution in [3.05, 3.63) is 182 Å². The fraction of sp³-hybridized carbons (Fsp3) is 0.667. The SMILES string of the molecule is CC/C=C\C/C=C\C/C=C\C/C=C\C/C=C\C/C=C\CCCCCCCCCCCCCCCCC(=O)OCC(O)COP(=O)(O)OCC(O)COP(=O)(O)OCC(COC(=O)CCCCCCCCCCCCCCCCC/C=C\C/C=C\C/C=C\C/C=C\CCCCC)OC(=O)CCC/C=C\C/C=C\C/C=C\C/C=C\C/C=C\CC. The molecule has 117 heavy (non-hydrogen) atoms. The number of carbonyl (C=O) groups excluding carboxylic acids is 3. The molecule has 0 aliphatic heterocycles. The fourth-order valence-electron chi connectivity index (χ4n) is 12.2. The minimum atomic E-state index is -4.96. The highest BCUT2D eigenvalue weighted by atomic mass is 31.2. The van der Waals surface area contributed by atoms with Gasteiger partial charge in [0, 0.05) is 19.3 Å². The molecule has 4 N–H and O–H groups in total. The van der Waals surface area contributed by atoms with E-state index in [9.17, 15) is 43.5 Å². The fourth-order valence-corrected chi connectivity index (χ4v) is 13.8. The summed E-state index contributed by atoms with van der Waals surface area (Å²) in [5, 5.41) is 20.7. The van der Waals surface area contributed by atoms with Crippen LogP contribution in [0.25, 0.3) is 0 Å². The van der Waals surface area contributed by atoms with Crippen molar-refractivity contribution in [1.82, 2.24) is 0 Å². The number of rotatable bonds is 86. The molecular weight excluding hydrogens is 1510 g/mol. The van der Waals surface area contributed by atoms with Crippen LogP contribution in [0.5, 0.6) is 0 Å². The zero-order chi connectivity index (χ0) is 85.1. The first-order valence-electron chi connectivity index (χ1n) is 46.1. The third-order valence-corrected chi connectivity index (χ3v) is 21.0. The summed E-state index contributed by atoms with van der Waals surface area (Å²) in [4.78, 5) is 58.9. The molecule has 5 atom stereocenters. The van der Waals surface area contributed by atoms with Gasteiger partial charge in [0.2, 0.25) is 0 Å². The number of ether oxygens (including phenoxy) is 3. The molecule has 5 unspecified atom stereocenters. The molecule has 0 aromatic rings. The molecule has 0 radical (unpaired) electrons. The molecule has 0 saturated heterocycles. The molecule has 0 fully saturated rings. The van der Waals surface area contributed by atoms with E-state index in [0.717, 1.165) is 141 Å². The summed E-state index contributed by atoms with van der Waals surface area (Å²) in [5.74, 6) is -1.64. The Balaban J connectivity index is 4.53. The molecule has 0 rings (SSSR count). The summed E-state index contributed by atoms with van der Waals surface area (Å²) in [6.07, 6.45) is 118. The lowest BCUT2D eigenvalue weighted by Crippen LogP contribution is -2.30. The van der Waals surface area contributed by atoms with E-state index >= 15 is 0 Å². The van der Waals surface area contributed by atoms with E-state index in [2.05, 4.69) is 191 Å². The topological polar surface area (TPSA) is 231 Å². The number of esters is 3. The molecule has 0 aromatic carbocycles. The first kappa shape index (κ1) is 112. The predicted molar refractivity (Wildman–Crippen MR) is 491 cm³/mol. The third-order valence-electron chi connectivity index (χ3n) is 19.1. The molecule has 0 aliphatic rings. The maximum absolute atomic E-state index is 13.0. The molecule has 16 nitrogen and oxygen atoms in total. The summed E-state index contributed by atoms with van der Waals surface area (Å²) in [5.41, 5.74) is 0. The van der Waals surface area contributed by atoms with Crippen molar-refractivity contribution < 1.29 is 75.8 Å². The van der Waals surface area contributed by atoms with Crippen LogP contribution in [0.15, 0.2) is 182 Å². The van der Waals surface area contributed by atoms with Gasteiger partial charge >= 0.3 is 33.6 Å². The van der Waals surface area contributed by atoms with E-state index in [4.69, 9.17) is 32.3 Å². The maximum Gasteiger partial charge on any atom is 0.472 e. The van der Waals surface area contributed by atoms with Gasteiger partial charge in [0.05, 0.1) is 26.4 Å². The van der Waals surface area contributed by atoms with Gasteiger partial charge in [0.25, 0.3) is 0 Å². The normalized spacial score (nSPS) is 14.6. The van der Waals surface area contributed by atoms with Crippen LogP contribution in [0.3, 0.4) is 0 Å². The minimum absolute atomic E-state index is 0.0225. The van der Waals surface area contributed by atoms with Gasteiger partial charge in [-0.1, -0.05) is 376 Å². The lowest BCUT2D eigenvalue weighted by atomic mass is 10.0. The quantitative estimate of drug-likeness (QED) is 0.0146. The number of unbranched alkanes of at least 4 members (excludes halogenated alkanes) is 33. The number of hydrogen-bond donors (Lipinski definition) is 4. The highest BCUT2D eigenvalue weighted by Gasteiger charge is 2.29. The number of phosphoric ester groups is 2. The molecule has 0 aromatic heterocycles. The Morgan fingerprint density at radius 3 is 0.744 bits per heavy atom. The maximum atomic E-state index is 13.0. The van der Waals surface area contributed by atoms with Gasteiger partial charge in [0.15, 0.2) is 6.10 Å². The standard InChI is InChI=1S/C99H166O16P2/c1-4-7-10-13-16-19-22-25-28-31-33-35-37-39-41-43-45-46-48-50-51-53-55-57-59-62-64-67-70-73-76-79-82-85-97(102)109-88-94(100)89-111-116(105,106)112-90-95(101)91-113-117(107,108)114-93-96(115-99(104)87-84-81-78-75-72-69-66-61-30-27-24-21-18-15-12-9-6-3)92-110-98(103)86-83-80-77-74-71-68-65-63-60-58-56-54-52-49-47-44-42-40-38-36-34-32-29-26-23-20-17-14-11-8-5-2/h7,9-10,12,16-21,25-30,33-36,39-42,45-46,66,69,75,78,94-96,100-101H,4-6,8,11,13-15,22-24,31-32,37-38,43-44,47-65,67-68,70-74,76-77,79-93H2,1-3H3,(H,105,106)(H,107,108)/b10-7-,12-9-,19-16-,20-17-,21-18-,28-25-,29-26-,30-27-,35-33-,36-34-,41-39-,42-40-,46-45-,69-66-,78-75-. The van der Waals surface area contributed by atoms with Crippen molar-refractivity contribution in [2.75, 3.05) is 39.6 Å². The molecule has 0 saturated carbocycles. The number of hydrogen-bond acceptors (Lipinski definition) is 14. The Morgan fingerprint density at radius 1 is 0.248 bits per heavy atom. The summed E-state index contributed by atoms with van der Waals surface area (Å²) >= 11 is 0. The molecule has 668 valence electrons. The number of allylic oxidation sites excluding steroid dienone is 30. The van der Waals surface area contributed by atoms with Crippen molar-refractivity contribution >= 4 is 33.6 Å². The van der Waals surface area contributed by atoms with Crippen LogP contribution in [-0.4, -0.2) is 95.9 Å². The molecule has 0 heterocycles. The largest absolute Gasteiger partial charge is 0.472 e. The van der Waals surface area contributed by atoms with Crippen LogP contribution >= 0.6 is 15.6 Å². The van der Waals surface area contributed by atoms with Crippen LogP contribution in [0, 0.1) is 0 Å². The molecular formula is C99H166O16P2. The molecule has 0 aliphatic carbocycles. The summed E-state index contributed by atoms with van der Waals surface area (Å²) in [6.45, 7) is 2.38. The highest BCUT2D eigenvalue weighted by molar-refractivity contribution is 7.47. The summed E-state index contributed by atoms with van der Waals surface area (Å²) in [6, 6.07) is 0. The van der Waals surface area contributed by atoms with Crippen LogP contribution in [0.1, 0.15) is 367 Å². The number of phosphoric acid groups is 2. The van der Waals surface area contributed by atoms with Gasteiger partial charge in [-0.3, -0.25) is 32.5 Å². The second-order valence-electron chi connectivity index (χ2n) is 30.3. The van der Waals surface area contributed by atoms with Crippen LogP contribution in [0.4, 0.5) is 0 Å². The lowest BCUT2D eigenvalue weighted by Gasteiger charge is -2.21. The van der Waals surface area contributed by atoms with E-state index in [0.29, 0.717) is 25.7 Å². The number of aliphatic hydroxyl groups is 2. The average Bonchev–Trinajstić information content (AvgIpc) is 0.900. The lowest BCUT2D eigenvalue weighted by molar-refractivity contribution is -0.161. The monoisotopic (exact) mass is 1670 g/mol. The third kappa shape index (κ3) is 91.2. The Labute approximate surface area is 713 Å². The second-order valence-corrected chi connectivity index (χ2v) is 33.2. The Morgan fingerprint density at radius 2 is 0.462 bits per heavy atom. The Hall–Kier alpha value is -5.35. The van der Waals surface area contributed by atoms with Crippen molar-refractivity contribution in [1.29, 1.82) is 0 Å². The van der Waals surface area contributed by atoms with Crippen molar-refractivity contribution in [2.45, 2.75) is 386 Å². The smallest absolute Gasteiger partial charge is 0.463 e. The molecule has 0 spiro atoms. The van der Waals surface area contributed by atoms with Gasteiger partial charge in [-0.15, -0.1) is 0 Å². The van der Waals surface area contributed by atoms with Gasteiger partial charge in [-0.05, 0) is 154 Å². The predicted octanol–water partition coefficient (Wildman–Crippen LogP) is 28.4. The number of carbonyl (C=O) groups is 3. The first-order valence-corrected chi connectivity index (χ1v) is 49.1. The summed E-state index contributed by atoms with van der Waals surface area (Å²) < 4.78 is 61.3. The molecule has 0 amide bonds. The summed E-state index contributed by atoms with van der Waals surface area (Å²) in [7, 11) is -9.83. The van der Waals surface area contributed by atoms with Crippen molar-refractivity contribution in [2.24, 2.45) is 0 Å². The van der Waals surface area contributed by atoms with E-state index in [1.165, 1.54) is 161 Å². The number of aliphatic hydroxyl groups excluding tert-OH is 2. The van der Waals surface area contributed by atoms with Crippen molar-refractivity contribution in [3.63, 3.8) is 0 Å². The Kier molecular flexibility index (Phi) is 85.8. The average molecular weight is 1670 g/mol. The van der Waals surface area contributed by atoms with E-state index in [1.54, 1.807) is 0 Å².